The molecule has 1 aliphatic carbocycles. The van der Waals surface area contributed by atoms with E-state index < -0.39 is 11.9 Å². The first-order chi connectivity index (χ1) is 7.09. The molecule has 4 nitrogen and oxygen atoms in total. The Labute approximate surface area is 86.7 Å². The van der Waals surface area contributed by atoms with E-state index in [0.29, 0.717) is 17.7 Å². The van der Waals surface area contributed by atoms with Gasteiger partial charge in [0.2, 0.25) is 0 Å². The summed E-state index contributed by atoms with van der Waals surface area (Å²) in [5.41, 5.74) is 7.57. The van der Waals surface area contributed by atoms with Gasteiger partial charge in [0.05, 0.1) is 5.92 Å². The molecule has 0 radical (unpaired) electrons. The smallest absolute Gasteiger partial charge is 0.311 e. The van der Waals surface area contributed by atoms with Crippen LogP contribution in [0.3, 0.4) is 0 Å². The highest BCUT2D eigenvalue weighted by atomic mass is 16.4. The maximum absolute atomic E-state index is 11.3. The average Bonchev–Trinajstić information content (AvgIpc) is 2.16. The number of anilines is 1. The summed E-state index contributed by atoms with van der Waals surface area (Å²) < 4.78 is 0. The molecule has 0 amide bonds. The van der Waals surface area contributed by atoms with Gasteiger partial charge in [0.25, 0.3) is 0 Å². The molecule has 1 atom stereocenters. The van der Waals surface area contributed by atoms with Crippen LogP contribution in [0.5, 0.6) is 0 Å². The van der Waals surface area contributed by atoms with E-state index >= 15 is 0 Å². The SMILES string of the molecule is Nc1cccc2c1C(C(=O)O)CC(=O)C2. The van der Waals surface area contributed by atoms with Crippen LogP contribution in [-0.4, -0.2) is 16.9 Å². The maximum atomic E-state index is 11.3. The first-order valence-corrected chi connectivity index (χ1v) is 4.71. The number of carboxylic acids is 1. The summed E-state index contributed by atoms with van der Waals surface area (Å²) in [5, 5.41) is 9.02. The first-order valence-electron chi connectivity index (χ1n) is 4.71. The van der Waals surface area contributed by atoms with Crippen molar-refractivity contribution in [2.75, 3.05) is 5.73 Å². The summed E-state index contributed by atoms with van der Waals surface area (Å²) in [5.74, 6) is -1.80. The standard InChI is InChI=1S/C11H11NO3/c12-9-3-1-2-6-4-7(13)5-8(10(6)9)11(14)15/h1-3,8H,4-5,12H2,(H,14,15). The third-order valence-electron chi connectivity index (χ3n) is 2.70. The molecule has 0 saturated carbocycles. The van der Waals surface area contributed by atoms with E-state index in [2.05, 4.69) is 0 Å². The zero-order chi connectivity index (χ0) is 11.0. The number of carbonyl (C=O) groups is 2. The van der Waals surface area contributed by atoms with Crippen molar-refractivity contribution in [2.24, 2.45) is 0 Å². The third kappa shape index (κ3) is 1.58. The molecule has 0 spiro atoms. The van der Waals surface area contributed by atoms with E-state index in [1.54, 1.807) is 18.2 Å². The summed E-state index contributed by atoms with van der Waals surface area (Å²) >= 11 is 0. The Morgan fingerprint density at radius 1 is 1.47 bits per heavy atom. The number of nitrogen functional groups attached to an aromatic ring is 1. The van der Waals surface area contributed by atoms with Gasteiger partial charge in [-0.15, -0.1) is 0 Å². The van der Waals surface area contributed by atoms with Crippen molar-refractivity contribution in [3.05, 3.63) is 29.3 Å². The Morgan fingerprint density at radius 2 is 2.20 bits per heavy atom. The molecule has 4 heteroatoms. The predicted octanol–water partition coefficient (Wildman–Crippen LogP) is 0.952. The minimum absolute atomic E-state index is 0.0412. The number of carboxylic acid groups (broad SMARTS) is 1. The van der Waals surface area contributed by atoms with Crippen molar-refractivity contribution < 1.29 is 14.7 Å². The predicted molar refractivity (Wildman–Crippen MR) is 54.6 cm³/mol. The Morgan fingerprint density at radius 3 is 2.87 bits per heavy atom. The van der Waals surface area contributed by atoms with Gasteiger partial charge in [-0.2, -0.15) is 0 Å². The van der Waals surface area contributed by atoms with E-state index in [4.69, 9.17) is 10.8 Å². The number of aliphatic carboxylic acids is 1. The van der Waals surface area contributed by atoms with Crippen molar-refractivity contribution in [3.8, 4) is 0 Å². The number of hydrogen-bond acceptors (Lipinski definition) is 3. The van der Waals surface area contributed by atoms with Gasteiger partial charge in [0.15, 0.2) is 0 Å². The van der Waals surface area contributed by atoms with E-state index in [1.165, 1.54) is 0 Å². The zero-order valence-corrected chi connectivity index (χ0v) is 8.06. The number of fused-ring (bicyclic) bond motifs is 1. The summed E-state index contributed by atoms with van der Waals surface area (Å²) in [7, 11) is 0. The number of hydrogen-bond donors (Lipinski definition) is 2. The lowest BCUT2D eigenvalue weighted by Crippen LogP contribution is -2.25. The highest BCUT2D eigenvalue weighted by molar-refractivity contribution is 5.93. The molecule has 0 heterocycles. The molecule has 0 saturated heterocycles. The van der Waals surface area contributed by atoms with Crippen molar-refractivity contribution >= 4 is 17.4 Å². The Bertz CT molecular complexity index is 439. The maximum Gasteiger partial charge on any atom is 0.311 e. The summed E-state index contributed by atoms with van der Waals surface area (Å²) in [6.07, 6.45) is 0.348. The van der Waals surface area contributed by atoms with Gasteiger partial charge in [-0.25, -0.2) is 0 Å². The van der Waals surface area contributed by atoms with Crippen LogP contribution in [0.2, 0.25) is 0 Å². The lowest BCUT2D eigenvalue weighted by Gasteiger charge is -2.22. The van der Waals surface area contributed by atoms with Gasteiger partial charge in [-0.05, 0) is 17.2 Å². The molecule has 78 valence electrons. The van der Waals surface area contributed by atoms with E-state index in [9.17, 15) is 9.59 Å². The number of benzene rings is 1. The molecular formula is C11H11NO3. The number of Topliss-reactive ketones (excluding diaryl/α,β-unsaturated/α-hetero) is 1. The number of ketones is 1. The lowest BCUT2D eigenvalue weighted by molar-refractivity contribution is -0.140. The van der Waals surface area contributed by atoms with Crippen molar-refractivity contribution in [2.45, 2.75) is 18.8 Å². The van der Waals surface area contributed by atoms with Gasteiger partial charge in [0.1, 0.15) is 5.78 Å². The lowest BCUT2D eigenvalue weighted by atomic mass is 9.81. The van der Waals surface area contributed by atoms with Gasteiger partial charge < -0.3 is 10.8 Å². The molecule has 1 aromatic carbocycles. The van der Waals surface area contributed by atoms with Crippen molar-refractivity contribution in [1.29, 1.82) is 0 Å². The van der Waals surface area contributed by atoms with E-state index in [-0.39, 0.29) is 12.2 Å². The fourth-order valence-corrected chi connectivity index (χ4v) is 2.04. The molecule has 0 bridgehead atoms. The summed E-state index contributed by atoms with van der Waals surface area (Å²) in [6, 6.07) is 5.18. The topological polar surface area (TPSA) is 80.4 Å². The second-order valence-corrected chi connectivity index (χ2v) is 3.73. The van der Waals surface area contributed by atoms with E-state index in [0.717, 1.165) is 5.56 Å². The Hall–Kier alpha value is -1.84. The summed E-state index contributed by atoms with van der Waals surface area (Å²) in [4.78, 5) is 22.4. The highest BCUT2D eigenvalue weighted by Crippen LogP contribution is 2.34. The second-order valence-electron chi connectivity index (χ2n) is 3.73. The van der Waals surface area contributed by atoms with Gasteiger partial charge >= 0.3 is 5.97 Å². The second kappa shape index (κ2) is 3.38. The van der Waals surface area contributed by atoms with Crippen LogP contribution in [0, 0.1) is 0 Å². The average molecular weight is 205 g/mol. The molecule has 15 heavy (non-hydrogen) atoms. The zero-order valence-electron chi connectivity index (χ0n) is 8.06. The van der Waals surface area contributed by atoms with Crippen LogP contribution in [0.1, 0.15) is 23.5 Å². The summed E-state index contributed by atoms with van der Waals surface area (Å²) in [6.45, 7) is 0. The van der Waals surface area contributed by atoms with Crippen LogP contribution in [0.25, 0.3) is 0 Å². The van der Waals surface area contributed by atoms with Crippen molar-refractivity contribution in [1.82, 2.24) is 0 Å². The van der Waals surface area contributed by atoms with Crippen LogP contribution in [0.15, 0.2) is 18.2 Å². The molecule has 0 aliphatic heterocycles. The molecule has 2 rings (SSSR count). The minimum Gasteiger partial charge on any atom is -0.481 e. The van der Waals surface area contributed by atoms with E-state index in [1.807, 2.05) is 0 Å². The Kier molecular flexibility index (Phi) is 2.19. The fraction of sp³-hybridized carbons (Fsp3) is 0.273. The van der Waals surface area contributed by atoms with Crippen LogP contribution in [0.4, 0.5) is 5.69 Å². The largest absolute Gasteiger partial charge is 0.481 e. The molecule has 1 aromatic rings. The quantitative estimate of drug-likeness (QED) is 0.669. The first kappa shape index (κ1) is 9.71. The minimum atomic E-state index is -0.984. The van der Waals surface area contributed by atoms with Crippen LogP contribution >= 0.6 is 0 Å². The number of nitrogens with two attached hydrogens (primary N) is 1. The van der Waals surface area contributed by atoms with Gasteiger partial charge in [-0.1, -0.05) is 12.1 Å². The normalized spacial score (nSPS) is 19.7. The Balaban J connectivity index is 2.57. The number of rotatable bonds is 1. The highest BCUT2D eigenvalue weighted by Gasteiger charge is 2.31. The molecule has 0 aromatic heterocycles. The monoisotopic (exact) mass is 205 g/mol. The van der Waals surface area contributed by atoms with Gasteiger partial charge in [0, 0.05) is 18.5 Å². The molecule has 1 unspecified atom stereocenters. The van der Waals surface area contributed by atoms with Crippen molar-refractivity contribution in [3.63, 3.8) is 0 Å². The molecule has 1 aliphatic rings. The number of carbonyl (C=O) groups excluding carboxylic acids is 1. The van der Waals surface area contributed by atoms with Gasteiger partial charge in [-0.3, -0.25) is 9.59 Å². The molecule has 3 N–H and O–H groups in total. The molecule has 0 fully saturated rings. The fourth-order valence-electron chi connectivity index (χ4n) is 2.04. The third-order valence-corrected chi connectivity index (χ3v) is 2.70. The molecular weight excluding hydrogens is 194 g/mol. The van der Waals surface area contributed by atoms with Crippen LogP contribution < -0.4 is 5.73 Å². The van der Waals surface area contributed by atoms with Crippen LogP contribution in [-0.2, 0) is 16.0 Å².